The molecule has 0 saturated carbocycles. The Morgan fingerprint density at radius 3 is 2.90 bits per heavy atom. The molecule has 0 bridgehead atoms. The van der Waals surface area contributed by atoms with Crippen molar-refractivity contribution in [1.29, 1.82) is 0 Å². The van der Waals surface area contributed by atoms with E-state index in [0.717, 1.165) is 11.5 Å². The van der Waals surface area contributed by atoms with Crippen LogP contribution in [0.15, 0.2) is 28.9 Å². The first kappa shape index (κ1) is 14.0. The molecule has 2 aromatic heterocycles. The number of methoxy groups -OCH3 is 1. The van der Waals surface area contributed by atoms with Crippen LogP contribution in [-0.2, 0) is 4.74 Å². The Morgan fingerprint density at radius 1 is 1.50 bits per heavy atom. The summed E-state index contributed by atoms with van der Waals surface area (Å²) in [4.78, 5) is 19.1. The van der Waals surface area contributed by atoms with Crippen molar-refractivity contribution in [2.24, 2.45) is 5.73 Å². The lowest BCUT2D eigenvalue weighted by Gasteiger charge is -2.16. The van der Waals surface area contributed by atoms with Gasteiger partial charge in [-0.3, -0.25) is 9.78 Å². The third-order valence-corrected chi connectivity index (χ3v) is 2.65. The molecule has 1 atom stereocenters. The monoisotopic (exact) mass is 276 g/mol. The number of amides is 1. The maximum absolute atomic E-state index is 11.1. The number of nitrogens with one attached hydrogen (secondary N) is 1. The van der Waals surface area contributed by atoms with E-state index < -0.39 is 5.91 Å². The predicted molar refractivity (Wildman–Crippen MR) is 72.2 cm³/mol. The third kappa shape index (κ3) is 3.33. The highest BCUT2D eigenvalue weighted by Crippen LogP contribution is 2.20. The molecule has 1 amide bonds. The molecular weight excluding hydrogens is 260 g/mol. The molecule has 20 heavy (non-hydrogen) atoms. The highest BCUT2D eigenvalue weighted by Gasteiger charge is 2.16. The van der Waals surface area contributed by atoms with Crippen LogP contribution >= 0.6 is 0 Å². The molecule has 0 aromatic carbocycles. The Balaban J connectivity index is 2.19. The topological polar surface area (TPSA) is 103 Å². The lowest BCUT2D eigenvalue weighted by molar-refractivity contribution is 0.0995. The molecule has 0 aliphatic rings. The summed E-state index contributed by atoms with van der Waals surface area (Å²) >= 11 is 0. The Hall–Kier alpha value is -2.41. The summed E-state index contributed by atoms with van der Waals surface area (Å²) in [5.41, 5.74) is 5.27. The van der Waals surface area contributed by atoms with Gasteiger partial charge in [-0.2, -0.15) is 0 Å². The molecule has 2 heterocycles. The summed E-state index contributed by atoms with van der Waals surface area (Å²) in [6.45, 7) is 2.25. The highest BCUT2D eigenvalue weighted by atomic mass is 16.5. The van der Waals surface area contributed by atoms with Crippen molar-refractivity contribution >= 4 is 11.7 Å². The maximum atomic E-state index is 11.1. The minimum absolute atomic E-state index is 0.0989. The molecule has 106 valence electrons. The van der Waals surface area contributed by atoms with E-state index in [1.54, 1.807) is 7.11 Å². The van der Waals surface area contributed by atoms with Gasteiger partial charge < -0.3 is 20.2 Å². The van der Waals surface area contributed by atoms with Crippen LogP contribution in [0.2, 0.25) is 0 Å². The van der Waals surface area contributed by atoms with Gasteiger partial charge in [0.05, 0.1) is 19.0 Å². The van der Waals surface area contributed by atoms with Crippen molar-refractivity contribution in [3.63, 3.8) is 0 Å². The molecule has 7 heteroatoms. The standard InChI is InChI=1S/C13H16N4O3/c1-8-3-4-11(20-8)10(7-19-2)17-12-6-15-5-9(16-12)13(14)18/h3-6,10H,7H2,1-2H3,(H2,14,18)(H,16,17). The van der Waals surface area contributed by atoms with Gasteiger partial charge >= 0.3 is 0 Å². The number of anilines is 1. The quantitative estimate of drug-likeness (QED) is 0.823. The number of furan rings is 1. The summed E-state index contributed by atoms with van der Waals surface area (Å²) in [6.07, 6.45) is 2.82. The molecule has 1 unspecified atom stereocenters. The number of nitrogens with zero attached hydrogens (tertiary/aromatic N) is 2. The van der Waals surface area contributed by atoms with Crippen LogP contribution in [0.3, 0.4) is 0 Å². The van der Waals surface area contributed by atoms with Crippen LogP contribution in [0, 0.1) is 6.92 Å². The average Bonchev–Trinajstić information content (AvgIpc) is 2.85. The Labute approximate surface area is 116 Å². The van der Waals surface area contributed by atoms with Gasteiger partial charge in [0.1, 0.15) is 29.1 Å². The number of carbonyl (C=O) groups is 1. The number of ether oxygens (including phenoxy) is 1. The molecule has 0 aliphatic carbocycles. The summed E-state index contributed by atoms with van der Waals surface area (Å²) in [5.74, 6) is 1.33. The number of hydrogen-bond donors (Lipinski definition) is 2. The second-order valence-corrected chi connectivity index (χ2v) is 4.25. The lowest BCUT2D eigenvalue weighted by atomic mass is 10.2. The zero-order valence-corrected chi connectivity index (χ0v) is 11.3. The molecule has 2 aromatic rings. The van der Waals surface area contributed by atoms with E-state index in [4.69, 9.17) is 14.9 Å². The molecule has 0 aliphatic heterocycles. The molecular formula is C13H16N4O3. The van der Waals surface area contributed by atoms with E-state index in [9.17, 15) is 4.79 Å². The fourth-order valence-electron chi connectivity index (χ4n) is 1.74. The van der Waals surface area contributed by atoms with Crippen molar-refractivity contribution < 1.29 is 13.9 Å². The summed E-state index contributed by atoms with van der Waals surface area (Å²) in [7, 11) is 1.59. The zero-order chi connectivity index (χ0) is 14.5. The van der Waals surface area contributed by atoms with Crippen LogP contribution in [0.5, 0.6) is 0 Å². The van der Waals surface area contributed by atoms with E-state index >= 15 is 0 Å². The van der Waals surface area contributed by atoms with Crippen molar-refractivity contribution in [3.8, 4) is 0 Å². The fourth-order valence-corrected chi connectivity index (χ4v) is 1.74. The van der Waals surface area contributed by atoms with Crippen LogP contribution in [0.25, 0.3) is 0 Å². The van der Waals surface area contributed by atoms with Gasteiger partial charge in [-0.05, 0) is 19.1 Å². The molecule has 0 saturated heterocycles. The molecule has 7 nitrogen and oxygen atoms in total. The van der Waals surface area contributed by atoms with E-state index in [1.165, 1.54) is 12.4 Å². The smallest absolute Gasteiger partial charge is 0.268 e. The van der Waals surface area contributed by atoms with Crippen LogP contribution in [-0.4, -0.2) is 29.6 Å². The number of nitrogens with two attached hydrogens (primary N) is 1. The van der Waals surface area contributed by atoms with Gasteiger partial charge in [0.25, 0.3) is 5.91 Å². The molecule has 2 rings (SSSR count). The lowest BCUT2D eigenvalue weighted by Crippen LogP contribution is -2.19. The van der Waals surface area contributed by atoms with E-state index in [-0.39, 0.29) is 11.7 Å². The van der Waals surface area contributed by atoms with Crippen molar-refractivity contribution in [1.82, 2.24) is 9.97 Å². The molecule has 0 fully saturated rings. The van der Waals surface area contributed by atoms with Gasteiger partial charge in [0.2, 0.25) is 0 Å². The zero-order valence-electron chi connectivity index (χ0n) is 11.3. The average molecular weight is 276 g/mol. The minimum atomic E-state index is -0.627. The highest BCUT2D eigenvalue weighted by molar-refractivity contribution is 5.90. The fraction of sp³-hybridized carbons (Fsp3) is 0.308. The first-order valence-corrected chi connectivity index (χ1v) is 6.04. The van der Waals surface area contributed by atoms with Gasteiger partial charge in [-0.25, -0.2) is 4.98 Å². The number of aryl methyl sites for hydroxylation is 1. The second-order valence-electron chi connectivity index (χ2n) is 4.25. The van der Waals surface area contributed by atoms with E-state index in [2.05, 4.69) is 15.3 Å². The minimum Gasteiger partial charge on any atom is -0.464 e. The number of rotatable bonds is 6. The largest absolute Gasteiger partial charge is 0.464 e. The number of aromatic nitrogens is 2. The summed E-state index contributed by atoms with van der Waals surface area (Å²) in [5, 5.41) is 3.10. The van der Waals surface area contributed by atoms with Gasteiger partial charge in [-0.1, -0.05) is 0 Å². The normalized spacial score (nSPS) is 12.1. The first-order chi connectivity index (χ1) is 9.60. The van der Waals surface area contributed by atoms with Crippen LogP contribution in [0.4, 0.5) is 5.82 Å². The molecule has 3 N–H and O–H groups in total. The van der Waals surface area contributed by atoms with Crippen LogP contribution < -0.4 is 11.1 Å². The van der Waals surface area contributed by atoms with E-state index in [0.29, 0.717) is 12.4 Å². The summed E-state index contributed by atoms with van der Waals surface area (Å²) in [6, 6.07) is 3.49. The maximum Gasteiger partial charge on any atom is 0.268 e. The van der Waals surface area contributed by atoms with Gasteiger partial charge in [0, 0.05) is 7.11 Å². The number of carbonyl (C=O) groups excluding carboxylic acids is 1. The van der Waals surface area contributed by atoms with E-state index in [1.807, 2.05) is 19.1 Å². The number of hydrogen-bond acceptors (Lipinski definition) is 6. The Kier molecular flexibility index (Phi) is 4.31. The second kappa shape index (κ2) is 6.16. The third-order valence-electron chi connectivity index (χ3n) is 2.65. The Bertz CT molecular complexity index is 597. The predicted octanol–water partition coefficient (Wildman–Crippen LogP) is 1.28. The summed E-state index contributed by atoms with van der Waals surface area (Å²) < 4.78 is 10.7. The first-order valence-electron chi connectivity index (χ1n) is 6.04. The molecule has 0 radical (unpaired) electrons. The van der Waals surface area contributed by atoms with Gasteiger partial charge in [0.15, 0.2) is 0 Å². The van der Waals surface area contributed by atoms with Crippen LogP contribution in [0.1, 0.15) is 28.1 Å². The SMILES string of the molecule is COCC(Nc1cncc(C(N)=O)n1)c1ccc(C)o1. The van der Waals surface area contributed by atoms with Crippen molar-refractivity contribution in [2.75, 3.05) is 19.0 Å². The Morgan fingerprint density at radius 2 is 2.30 bits per heavy atom. The number of primary amides is 1. The molecule has 0 spiro atoms. The van der Waals surface area contributed by atoms with Crippen molar-refractivity contribution in [3.05, 3.63) is 41.7 Å². The van der Waals surface area contributed by atoms with Crippen molar-refractivity contribution in [2.45, 2.75) is 13.0 Å². The van der Waals surface area contributed by atoms with Gasteiger partial charge in [-0.15, -0.1) is 0 Å².